The van der Waals surface area contributed by atoms with Crippen molar-refractivity contribution in [2.24, 2.45) is 0 Å². The predicted molar refractivity (Wildman–Crippen MR) is 108 cm³/mol. The molecular formula is C20H28N4OS. The Hall–Kier alpha value is -1.92. The molecule has 2 aromatic rings. The quantitative estimate of drug-likeness (QED) is 0.845. The van der Waals surface area contributed by atoms with Gasteiger partial charge < -0.3 is 15.1 Å². The molecule has 1 amide bonds. The van der Waals surface area contributed by atoms with Crippen LogP contribution in [0.2, 0.25) is 0 Å². The predicted octanol–water partition coefficient (Wildman–Crippen LogP) is 3.27. The average Bonchev–Trinajstić information content (AvgIpc) is 3.07. The van der Waals surface area contributed by atoms with Crippen molar-refractivity contribution in [2.75, 3.05) is 39.0 Å². The summed E-state index contributed by atoms with van der Waals surface area (Å²) in [7, 11) is 3.77. The van der Waals surface area contributed by atoms with E-state index in [1.54, 1.807) is 0 Å². The maximum Gasteiger partial charge on any atom is 0.265 e. The number of benzene rings is 1. The first-order chi connectivity index (χ1) is 12.6. The fourth-order valence-electron chi connectivity index (χ4n) is 3.51. The molecule has 0 aliphatic carbocycles. The molecule has 26 heavy (non-hydrogen) atoms. The number of carbonyl (C=O) groups is 1. The smallest absolute Gasteiger partial charge is 0.265 e. The second kappa shape index (κ2) is 8.64. The molecule has 2 heterocycles. The molecule has 1 aliphatic rings. The van der Waals surface area contributed by atoms with E-state index >= 15 is 0 Å². The molecule has 0 bridgehead atoms. The number of nitrogens with one attached hydrogen (secondary N) is 1. The first kappa shape index (κ1) is 18.9. The van der Waals surface area contributed by atoms with E-state index < -0.39 is 0 Å². The van der Waals surface area contributed by atoms with E-state index in [1.807, 2.05) is 25.9 Å². The minimum Gasteiger partial charge on any atom is -0.365 e. The van der Waals surface area contributed by atoms with Crippen molar-refractivity contribution in [3.05, 3.63) is 46.5 Å². The van der Waals surface area contributed by atoms with Crippen LogP contribution in [0.15, 0.2) is 30.3 Å². The van der Waals surface area contributed by atoms with Crippen LogP contribution in [0.3, 0.4) is 0 Å². The molecule has 5 nitrogen and oxygen atoms in total. The third-order valence-corrected chi connectivity index (χ3v) is 6.28. The van der Waals surface area contributed by atoms with Crippen LogP contribution in [0.5, 0.6) is 0 Å². The van der Waals surface area contributed by atoms with Crippen molar-refractivity contribution in [1.82, 2.24) is 14.8 Å². The average molecular weight is 373 g/mol. The Bertz CT molecular complexity index is 731. The molecule has 1 atom stereocenters. The van der Waals surface area contributed by atoms with Gasteiger partial charge in [0.05, 0.1) is 5.69 Å². The van der Waals surface area contributed by atoms with Gasteiger partial charge in [0.25, 0.3) is 5.91 Å². The van der Waals surface area contributed by atoms with Crippen LogP contribution in [-0.4, -0.2) is 60.5 Å². The third-order valence-electron chi connectivity index (χ3n) is 5.11. The van der Waals surface area contributed by atoms with Crippen LogP contribution in [0.1, 0.15) is 33.8 Å². The highest BCUT2D eigenvalue weighted by atomic mass is 32.1. The van der Waals surface area contributed by atoms with E-state index in [9.17, 15) is 4.79 Å². The van der Waals surface area contributed by atoms with Crippen molar-refractivity contribution in [3.63, 3.8) is 0 Å². The lowest BCUT2D eigenvalue weighted by molar-refractivity contribution is 0.0623. The Balaban J connectivity index is 1.59. The zero-order valence-electron chi connectivity index (χ0n) is 15.9. The molecule has 0 spiro atoms. The lowest BCUT2D eigenvalue weighted by Gasteiger charge is -2.37. The van der Waals surface area contributed by atoms with Gasteiger partial charge in [-0.15, -0.1) is 0 Å². The van der Waals surface area contributed by atoms with Gasteiger partial charge in [0.15, 0.2) is 5.13 Å². The van der Waals surface area contributed by atoms with Crippen LogP contribution in [0, 0.1) is 6.92 Å². The number of likely N-dealkylation sites (N-methyl/N-ethyl adjacent to an activating group) is 1. The Morgan fingerprint density at radius 1 is 1.38 bits per heavy atom. The van der Waals surface area contributed by atoms with E-state index in [0.29, 0.717) is 0 Å². The number of rotatable bonds is 6. The molecular weight excluding hydrogens is 344 g/mol. The van der Waals surface area contributed by atoms with Crippen LogP contribution >= 0.6 is 11.3 Å². The first-order valence-corrected chi connectivity index (χ1v) is 10.1. The minimum absolute atomic E-state index is 0.0939. The molecule has 0 saturated carbocycles. The molecule has 1 aromatic heterocycles. The number of aryl methyl sites for hydroxylation is 1. The molecule has 140 valence electrons. The van der Waals surface area contributed by atoms with Crippen LogP contribution in [0.25, 0.3) is 0 Å². The summed E-state index contributed by atoms with van der Waals surface area (Å²) in [6.07, 6.45) is 3.27. The highest BCUT2D eigenvalue weighted by molar-refractivity contribution is 7.17. The molecule has 0 radical (unpaired) electrons. The summed E-state index contributed by atoms with van der Waals surface area (Å²) in [4.78, 5) is 22.5. The zero-order chi connectivity index (χ0) is 18.5. The van der Waals surface area contributed by atoms with Gasteiger partial charge in [0.1, 0.15) is 4.88 Å². The third kappa shape index (κ3) is 4.43. The van der Waals surface area contributed by atoms with Crippen molar-refractivity contribution in [3.8, 4) is 0 Å². The van der Waals surface area contributed by atoms with E-state index in [-0.39, 0.29) is 11.9 Å². The fraction of sp³-hybridized carbons (Fsp3) is 0.500. The molecule has 1 aliphatic heterocycles. The summed E-state index contributed by atoms with van der Waals surface area (Å²) in [5.74, 6) is 0.0939. The molecule has 1 saturated heterocycles. The number of likely N-dealkylation sites (tertiary alicyclic amines) is 1. The molecule has 1 unspecified atom stereocenters. The number of amides is 1. The highest BCUT2D eigenvalue weighted by Gasteiger charge is 2.28. The minimum atomic E-state index is 0.0939. The Labute approximate surface area is 160 Å². The van der Waals surface area contributed by atoms with Gasteiger partial charge in [-0.05, 0) is 38.3 Å². The van der Waals surface area contributed by atoms with Gasteiger partial charge in [0.2, 0.25) is 0 Å². The number of nitrogens with zero attached hydrogens (tertiary/aromatic N) is 3. The molecule has 1 fully saturated rings. The summed E-state index contributed by atoms with van der Waals surface area (Å²) < 4.78 is 0. The van der Waals surface area contributed by atoms with E-state index in [2.05, 4.69) is 45.5 Å². The Morgan fingerprint density at radius 2 is 2.15 bits per heavy atom. The number of hydrogen-bond acceptors (Lipinski definition) is 5. The Morgan fingerprint density at radius 3 is 2.85 bits per heavy atom. The number of thiazole rings is 1. The summed E-state index contributed by atoms with van der Waals surface area (Å²) in [6.45, 7) is 5.03. The molecule has 3 rings (SSSR count). The normalized spacial score (nSPS) is 17.9. The highest BCUT2D eigenvalue weighted by Crippen LogP contribution is 2.25. The van der Waals surface area contributed by atoms with Crippen molar-refractivity contribution < 1.29 is 4.79 Å². The number of carbonyl (C=O) groups excluding carboxylic acids is 1. The summed E-state index contributed by atoms with van der Waals surface area (Å²) in [6, 6.07) is 10.9. The van der Waals surface area contributed by atoms with Gasteiger partial charge in [-0.3, -0.25) is 4.79 Å². The summed E-state index contributed by atoms with van der Waals surface area (Å²) >= 11 is 1.44. The zero-order valence-corrected chi connectivity index (χ0v) is 16.7. The van der Waals surface area contributed by atoms with Crippen molar-refractivity contribution in [1.29, 1.82) is 0 Å². The van der Waals surface area contributed by atoms with E-state index in [0.717, 1.165) is 54.6 Å². The second-order valence-electron chi connectivity index (χ2n) is 6.93. The molecule has 1 aromatic carbocycles. The van der Waals surface area contributed by atoms with Crippen molar-refractivity contribution >= 4 is 22.4 Å². The Kier molecular flexibility index (Phi) is 6.27. The topological polar surface area (TPSA) is 48.5 Å². The molecule has 6 heteroatoms. The van der Waals surface area contributed by atoms with Gasteiger partial charge in [-0.1, -0.05) is 41.7 Å². The van der Waals surface area contributed by atoms with Crippen LogP contribution in [0.4, 0.5) is 5.13 Å². The first-order valence-electron chi connectivity index (χ1n) is 9.27. The van der Waals surface area contributed by atoms with Gasteiger partial charge >= 0.3 is 0 Å². The maximum absolute atomic E-state index is 12.9. The van der Waals surface area contributed by atoms with E-state index in [1.165, 1.54) is 16.9 Å². The number of anilines is 1. The van der Waals surface area contributed by atoms with Gasteiger partial charge in [-0.25, -0.2) is 4.98 Å². The monoisotopic (exact) mass is 372 g/mol. The lowest BCUT2D eigenvalue weighted by Crippen LogP contribution is -2.48. The van der Waals surface area contributed by atoms with Gasteiger partial charge in [0, 0.05) is 33.2 Å². The van der Waals surface area contributed by atoms with Crippen LogP contribution < -0.4 is 5.32 Å². The summed E-state index contributed by atoms with van der Waals surface area (Å²) in [5.41, 5.74) is 2.19. The van der Waals surface area contributed by atoms with Crippen molar-refractivity contribution in [2.45, 2.75) is 32.2 Å². The standard InChI is InChI=1S/C20H28N4OS/c1-15-18(26-20(21-2)22-15)19(25)23(3)17-10-7-12-24(14-17)13-11-16-8-5-4-6-9-16/h4-6,8-9,17H,7,10-14H2,1-3H3,(H,21,22). The van der Waals surface area contributed by atoms with Gasteiger partial charge in [-0.2, -0.15) is 0 Å². The number of aromatic nitrogens is 1. The second-order valence-corrected chi connectivity index (χ2v) is 7.93. The SMILES string of the molecule is CNc1nc(C)c(C(=O)N(C)C2CCCN(CCc3ccccc3)C2)s1. The number of hydrogen-bond donors (Lipinski definition) is 1. The fourth-order valence-corrected chi connectivity index (χ4v) is 4.41. The number of piperidine rings is 1. The summed E-state index contributed by atoms with van der Waals surface area (Å²) in [5, 5.41) is 3.83. The lowest BCUT2D eigenvalue weighted by atomic mass is 10.0. The maximum atomic E-state index is 12.9. The van der Waals surface area contributed by atoms with E-state index in [4.69, 9.17) is 0 Å². The van der Waals surface area contributed by atoms with Crippen LogP contribution in [-0.2, 0) is 6.42 Å². The largest absolute Gasteiger partial charge is 0.365 e. The molecule has 1 N–H and O–H groups in total.